The van der Waals surface area contributed by atoms with Crippen molar-refractivity contribution in [2.24, 2.45) is 10.4 Å². The van der Waals surface area contributed by atoms with Crippen molar-refractivity contribution in [2.45, 2.75) is 70.6 Å². The van der Waals surface area contributed by atoms with E-state index in [2.05, 4.69) is 36.4 Å². The minimum Gasteiger partial charge on any atom is -0.381 e. The molecule has 2 fully saturated rings. The Bertz CT molecular complexity index is 432. The van der Waals surface area contributed by atoms with Gasteiger partial charge in [0, 0.05) is 64.8 Å². The number of methoxy groups -OCH3 is 1. The lowest BCUT2D eigenvalue weighted by Crippen LogP contribution is -2.66. The lowest BCUT2D eigenvalue weighted by molar-refractivity contribution is -0.133. The molecule has 25 heavy (non-hydrogen) atoms. The van der Waals surface area contributed by atoms with Crippen LogP contribution >= 0.6 is 0 Å². The zero-order valence-corrected chi connectivity index (χ0v) is 16.7. The first kappa shape index (κ1) is 20.5. The first-order valence-corrected chi connectivity index (χ1v) is 9.81. The molecular weight excluding hydrogens is 318 g/mol. The highest BCUT2D eigenvalue weighted by molar-refractivity contribution is 5.80. The number of nitrogens with zero attached hydrogens (tertiary/aromatic N) is 1. The third-order valence-electron chi connectivity index (χ3n) is 6.42. The Morgan fingerprint density at radius 3 is 2.40 bits per heavy atom. The summed E-state index contributed by atoms with van der Waals surface area (Å²) in [5.41, 5.74) is 0.0429. The largest absolute Gasteiger partial charge is 0.381 e. The van der Waals surface area contributed by atoms with Crippen molar-refractivity contribution >= 4 is 5.96 Å². The molecule has 6 heteroatoms. The van der Waals surface area contributed by atoms with Crippen LogP contribution in [0, 0.1) is 5.41 Å². The number of nitrogens with one attached hydrogen (secondary N) is 2. The fourth-order valence-corrected chi connectivity index (χ4v) is 4.38. The Morgan fingerprint density at radius 1 is 1.20 bits per heavy atom. The Hall–Kier alpha value is -0.850. The standard InChI is InChI=1S/C19H37N3O3/c1-6-19(7-2)15(13-16(19)25-8-3)22-17(20-4)21-14-18(23-5)9-11-24-12-10-18/h15-16H,6-14H2,1-5H3,(H2,20,21,22). The molecule has 0 amide bonds. The van der Waals surface area contributed by atoms with Gasteiger partial charge < -0.3 is 24.8 Å². The third kappa shape index (κ3) is 4.29. The third-order valence-corrected chi connectivity index (χ3v) is 6.42. The van der Waals surface area contributed by atoms with E-state index in [1.807, 2.05) is 7.05 Å². The zero-order valence-electron chi connectivity index (χ0n) is 16.7. The van der Waals surface area contributed by atoms with Crippen molar-refractivity contribution in [3.63, 3.8) is 0 Å². The second-order valence-electron chi connectivity index (χ2n) is 7.24. The van der Waals surface area contributed by atoms with Crippen LogP contribution in [0.5, 0.6) is 0 Å². The van der Waals surface area contributed by atoms with Crippen molar-refractivity contribution in [1.29, 1.82) is 0 Å². The minimum atomic E-state index is -0.157. The topological polar surface area (TPSA) is 64.1 Å². The number of ether oxygens (including phenoxy) is 3. The minimum absolute atomic E-state index is 0.157. The van der Waals surface area contributed by atoms with Gasteiger partial charge in [-0.1, -0.05) is 13.8 Å². The molecule has 2 unspecified atom stereocenters. The zero-order chi connectivity index (χ0) is 18.3. The molecule has 6 nitrogen and oxygen atoms in total. The van der Waals surface area contributed by atoms with Gasteiger partial charge in [0.2, 0.25) is 0 Å². The van der Waals surface area contributed by atoms with E-state index >= 15 is 0 Å². The molecule has 2 aliphatic rings. The summed E-state index contributed by atoms with van der Waals surface area (Å²) in [5.74, 6) is 0.856. The van der Waals surface area contributed by atoms with Crippen LogP contribution in [0.2, 0.25) is 0 Å². The average Bonchev–Trinajstić information content (AvgIpc) is 2.65. The monoisotopic (exact) mass is 355 g/mol. The highest BCUT2D eigenvalue weighted by atomic mass is 16.5. The highest BCUT2D eigenvalue weighted by Gasteiger charge is 2.53. The molecule has 1 saturated heterocycles. The van der Waals surface area contributed by atoms with Gasteiger partial charge in [0.15, 0.2) is 5.96 Å². The molecular formula is C19H37N3O3. The predicted molar refractivity (Wildman–Crippen MR) is 101 cm³/mol. The van der Waals surface area contributed by atoms with E-state index in [1.54, 1.807) is 7.11 Å². The Morgan fingerprint density at radius 2 is 1.88 bits per heavy atom. The lowest BCUT2D eigenvalue weighted by Gasteiger charge is -2.55. The first-order chi connectivity index (χ1) is 12.1. The number of guanidine groups is 1. The van der Waals surface area contributed by atoms with Crippen LogP contribution in [-0.2, 0) is 14.2 Å². The molecule has 0 aromatic carbocycles. The van der Waals surface area contributed by atoms with Gasteiger partial charge in [-0.2, -0.15) is 0 Å². The van der Waals surface area contributed by atoms with E-state index in [0.717, 1.165) is 64.4 Å². The summed E-state index contributed by atoms with van der Waals surface area (Å²) in [6.45, 7) is 9.66. The average molecular weight is 356 g/mol. The van der Waals surface area contributed by atoms with Crippen LogP contribution in [0.1, 0.15) is 52.9 Å². The summed E-state index contributed by atoms with van der Waals surface area (Å²) in [4.78, 5) is 4.43. The molecule has 0 bridgehead atoms. The summed E-state index contributed by atoms with van der Waals surface area (Å²) < 4.78 is 17.3. The van der Waals surface area contributed by atoms with E-state index in [1.165, 1.54) is 0 Å². The maximum Gasteiger partial charge on any atom is 0.191 e. The SMILES string of the molecule is CCOC1CC(NC(=NC)NCC2(OC)CCOCC2)C1(CC)CC. The van der Waals surface area contributed by atoms with Crippen molar-refractivity contribution in [3.8, 4) is 0 Å². The lowest BCUT2D eigenvalue weighted by atomic mass is 9.58. The molecule has 0 aromatic heterocycles. The van der Waals surface area contributed by atoms with Gasteiger partial charge in [0.1, 0.15) is 0 Å². The van der Waals surface area contributed by atoms with Gasteiger partial charge in [-0.25, -0.2) is 0 Å². The quantitative estimate of drug-likeness (QED) is 0.517. The maximum atomic E-state index is 5.98. The van der Waals surface area contributed by atoms with Crippen LogP contribution in [0.25, 0.3) is 0 Å². The highest BCUT2D eigenvalue weighted by Crippen LogP contribution is 2.48. The van der Waals surface area contributed by atoms with Gasteiger partial charge in [-0.15, -0.1) is 0 Å². The molecule has 1 saturated carbocycles. The van der Waals surface area contributed by atoms with Crippen molar-refractivity contribution in [1.82, 2.24) is 10.6 Å². The maximum absolute atomic E-state index is 5.98. The Kier molecular flexibility index (Phi) is 7.52. The molecule has 146 valence electrons. The van der Waals surface area contributed by atoms with Crippen LogP contribution in [0.4, 0.5) is 0 Å². The number of aliphatic imine (C=N–C) groups is 1. The molecule has 2 rings (SSSR count). The summed E-state index contributed by atoms with van der Waals surface area (Å²) in [6, 6.07) is 0.401. The first-order valence-electron chi connectivity index (χ1n) is 9.81. The van der Waals surface area contributed by atoms with Crippen molar-refractivity contribution < 1.29 is 14.2 Å². The second kappa shape index (κ2) is 9.19. The molecule has 1 heterocycles. The van der Waals surface area contributed by atoms with Crippen molar-refractivity contribution in [3.05, 3.63) is 0 Å². The smallest absolute Gasteiger partial charge is 0.191 e. The number of hydrogen-bond donors (Lipinski definition) is 2. The normalized spacial score (nSPS) is 28.3. The van der Waals surface area contributed by atoms with Crippen LogP contribution in [0.15, 0.2) is 4.99 Å². The van der Waals surface area contributed by atoms with E-state index in [9.17, 15) is 0 Å². The molecule has 1 aliphatic heterocycles. The van der Waals surface area contributed by atoms with E-state index < -0.39 is 0 Å². The fraction of sp³-hybridized carbons (Fsp3) is 0.947. The van der Waals surface area contributed by atoms with Gasteiger partial charge in [0.25, 0.3) is 0 Å². The molecule has 2 N–H and O–H groups in total. The summed E-state index contributed by atoms with van der Waals surface area (Å²) in [5, 5.41) is 7.12. The Labute approximate surface area is 153 Å². The van der Waals surface area contributed by atoms with E-state index in [0.29, 0.717) is 12.1 Å². The van der Waals surface area contributed by atoms with E-state index in [-0.39, 0.29) is 11.0 Å². The van der Waals surface area contributed by atoms with Gasteiger partial charge in [-0.05, 0) is 26.2 Å². The second-order valence-corrected chi connectivity index (χ2v) is 7.24. The fourth-order valence-electron chi connectivity index (χ4n) is 4.38. The molecule has 0 spiro atoms. The van der Waals surface area contributed by atoms with Gasteiger partial charge >= 0.3 is 0 Å². The molecule has 2 atom stereocenters. The predicted octanol–water partition coefficient (Wildman–Crippen LogP) is 2.33. The van der Waals surface area contributed by atoms with Crippen LogP contribution in [-0.4, -0.2) is 64.2 Å². The summed E-state index contributed by atoms with van der Waals surface area (Å²) in [7, 11) is 3.62. The summed E-state index contributed by atoms with van der Waals surface area (Å²) >= 11 is 0. The number of rotatable bonds is 8. The van der Waals surface area contributed by atoms with Gasteiger partial charge in [-0.3, -0.25) is 4.99 Å². The molecule has 0 aromatic rings. The van der Waals surface area contributed by atoms with E-state index in [4.69, 9.17) is 14.2 Å². The van der Waals surface area contributed by atoms with Crippen LogP contribution in [0.3, 0.4) is 0 Å². The van der Waals surface area contributed by atoms with Crippen LogP contribution < -0.4 is 10.6 Å². The Balaban J connectivity index is 1.93. The number of hydrogen-bond acceptors (Lipinski definition) is 4. The molecule has 0 radical (unpaired) electrons. The summed E-state index contributed by atoms with van der Waals surface area (Å²) in [6.07, 6.45) is 5.45. The van der Waals surface area contributed by atoms with Crippen molar-refractivity contribution in [2.75, 3.05) is 40.5 Å². The molecule has 1 aliphatic carbocycles. The van der Waals surface area contributed by atoms with Gasteiger partial charge in [0.05, 0.1) is 11.7 Å².